The molecule has 0 saturated carbocycles. The third kappa shape index (κ3) is 4.70. The van der Waals surface area contributed by atoms with Crippen LogP contribution in [0, 0.1) is 5.92 Å². The molecule has 0 bridgehead atoms. The van der Waals surface area contributed by atoms with Crippen molar-refractivity contribution < 1.29 is 24.2 Å². The number of hydrogen-bond acceptors (Lipinski definition) is 4. The number of carbonyl (C=O) groups excluding carboxylic acids is 1. The molecule has 1 amide bonds. The highest BCUT2D eigenvalue weighted by Gasteiger charge is 2.40. The molecule has 2 atom stereocenters. The lowest BCUT2D eigenvalue weighted by Gasteiger charge is -2.18. The summed E-state index contributed by atoms with van der Waals surface area (Å²) >= 11 is 0. The van der Waals surface area contributed by atoms with Crippen molar-refractivity contribution in [2.45, 2.75) is 26.2 Å². The van der Waals surface area contributed by atoms with Crippen LogP contribution in [0.5, 0.6) is 11.5 Å². The standard InChI is InChI=1S/C23H27NO5/c1-3-12-29-20-11-10-17(13-21(20)28-4-2)22(25)24-14-18(19(15-24)23(26)27)16-8-6-5-7-9-16/h5-11,13,18-19H,3-4,12,14-15H2,1-2H3,(H,26,27). The van der Waals surface area contributed by atoms with Gasteiger partial charge in [0.25, 0.3) is 5.91 Å². The zero-order valence-electron chi connectivity index (χ0n) is 16.8. The predicted molar refractivity (Wildman–Crippen MR) is 110 cm³/mol. The van der Waals surface area contributed by atoms with Gasteiger partial charge in [0, 0.05) is 24.6 Å². The first-order valence-electron chi connectivity index (χ1n) is 10.0. The molecule has 1 aliphatic heterocycles. The number of carboxylic acid groups (broad SMARTS) is 1. The highest BCUT2D eigenvalue weighted by molar-refractivity contribution is 5.95. The van der Waals surface area contributed by atoms with Gasteiger partial charge in [-0.15, -0.1) is 0 Å². The second kappa shape index (κ2) is 9.45. The summed E-state index contributed by atoms with van der Waals surface area (Å²) in [6.07, 6.45) is 0.872. The third-order valence-electron chi connectivity index (χ3n) is 5.10. The monoisotopic (exact) mass is 397 g/mol. The number of amides is 1. The number of ether oxygens (including phenoxy) is 2. The van der Waals surface area contributed by atoms with Crippen molar-refractivity contribution in [3.63, 3.8) is 0 Å². The van der Waals surface area contributed by atoms with Crippen LogP contribution in [0.2, 0.25) is 0 Å². The van der Waals surface area contributed by atoms with Crippen molar-refractivity contribution >= 4 is 11.9 Å². The molecule has 1 aliphatic rings. The van der Waals surface area contributed by atoms with E-state index in [-0.39, 0.29) is 18.4 Å². The summed E-state index contributed by atoms with van der Waals surface area (Å²) in [5.41, 5.74) is 1.41. The third-order valence-corrected chi connectivity index (χ3v) is 5.10. The quantitative estimate of drug-likeness (QED) is 0.733. The van der Waals surface area contributed by atoms with E-state index in [1.807, 2.05) is 44.2 Å². The van der Waals surface area contributed by atoms with E-state index in [1.54, 1.807) is 23.1 Å². The van der Waals surface area contributed by atoms with Crippen LogP contribution < -0.4 is 9.47 Å². The minimum absolute atomic E-state index is 0.186. The van der Waals surface area contributed by atoms with Gasteiger partial charge in [-0.1, -0.05) is 37.3 Å². The Bertz CT molecular complexity index is 852. The van der Waals surface area contributed by atoms with Crippen molar-refractivity contribution in [2.24, 2.45) is 5.92 Å². The molecule has 3 rings (SSSR count). The van der Waals surface area contributed by atoms with Gasteiger partial charge in [-0.05, 0) is 37.1 Å². The molecule has 29 heavy (non-hydrogen) atoms. The molecule has 154 valence electrons. The number of carbonyl (C=O) groups is 2. The first-order valence-corrected chi connectivity index (χ1v) is 10.0. The Hall–Kier alpha value is -3.02. The van der Waals surface area contributed by atoms with Crippen LogP contribution in [0.3, 0.4) is 0 Å². The van der Waals surface area contributed by atoms with Gasteiger partial charge in [0.2, 0.25) is 0 Å². The van der Waals surface area contributed by atoms with Crippen LogP contribution in [-0.2, 0) is 4.79 Å². The fourth-order valence-corrected chi connectivity index (χ4v) is 3.68. The van der Waals surface area contributed by atoms with E-state index in [1.165, 1.54) is 0 Å². The van der Waals surface area contributed by atoms with Crippen molar-refractivity contribution in [3.05, 3.63) is 59.7 Å². The normalized spacial score (nSPS) is 18.5. The summed E-state index contributed by atoms with van der Waals surface area (Å²) in [7, 11) is 0. The van der Waals surface area contributed by atoms with E-state index in [9.17, 15) is 14.7 Å². The smallest absolute Gasteiger partial charge is 0.308 e. The van der Waals surface area contributed by atoms with Gasteiger partial charge in [-0.2, -0.15) is 0 Å². The van der Waals surface area contributed by atoms with Gasteiger partial charge in [0.15, 0.2) is 11.5 Å². The Morgan fingerprint density at radius 1 is 1.03 bits per heavy atom. The summed E-state index contributed by atoms with van der Waals surface area (Å²) in [5, 5.41) is 9.67. The molecule has 2 aromatic rings. The number of likely N-dealkylation sites (tertiary alicyclic amines) is 1. The van der Waals surface area contributed by atoms with Gasteiger partial charge in [-0.25, -0.2) is 0 Å². The van der Waals surface area contributed by atoms with Crippen LogP contribution in [0.1, 0.15) is 42.1 Å². The first kappa shape index (κ1) is 20.7. The Labute approximate surface area is 171 Å². The molecule has 0 radical (unpaired) electrons. The van der Waals surface area contributed by atoms with Crippen molar-refractivity contribution in [2.75, 3.05) is 26.3 Å². The number of carboxylic acids is 1. The minimum Gasteiger partial charge on any atom is -0.490 e. The van der Waals surface area contributed by atoms with Crippen LogP contribution in [0.25, 0.3) is 0 Å². The molecule has 2 aromatic carbocycles. The fraction of sp³-hybridized carbons (Fsp3) is 0.391. The molecular weight excluding hydrogens is 370 g/mol. The average molecular weight is 397 g/mol. The van der Waals surface area contributed by atoms with E-state index in [0.29, 0.717) is 36.8 Å². The molecule has 0 aromatic heterocycles. The molecule has 6 nitrogen and oxygen atoms in total. The van der Waals surface area contributed by atoms with E-state index < -0.39 is 11.9 Å². The number of rotatable bonds is 8. The Balaban J connectivity index is 1.82. The SMILES string of the molecule is CCCOc1ccc(C(=O)N2CC(C(=O)O)C(c3ccccc3)C2)cc1OCC. The maximum atomic E-state index is 13.1. The van der Waals surface area contributed by atoms with Gasteiger partial charge >= 0.3 is 5.97 Å². The topological polar surface area (TPSA) is 76.1 Å². The Kier molecular flexibility index (Phi) is 6.75. The van der Waals surface area contributed by atoms with Crippen molar-refractivity contribution in [1.82, 2.24) is 4.90 Å². The summed E-state index contributed by atoms with van der Waals surface area (Å²) in [5.74, 6) is -0.793. The van der Waals surface area contributed by atoms with Gasteiger partial charge in [-0.3, -0.25) is 9.59 Å². The van der Waals surface area contributed by atoms with E-state index in [2.05, 4.69) is 0 Å². The van der Waals surface area contributed by atoms with Crippen LogP contribution in [0.4, 0.5) is 0 Å². The maximum Gasteiger partial charge on any atom is 0.308 e. The van der Waals surface area contributed by atoms with E-state index in [4.69, 9.17) is 9.47 Å². The molecular formula is C23H27NO5. The van der Waals surface area contributed by atoms with Crippen molar-refractivity contribution in [1.29, 1.82) is 0 Å². The molecule has 0 spiro atoms. The van der Waals surface area contributed by atoms with Crippen LogP contribution >= 0.6 is 0 Å². The number of aliphatic carboxylic acids is 1. The first-order chi connectivity index (χ1) is 14.0. The molecule has 2 unspecified atom stereocenters. The number of nitrogens with zero attached hydrogens (tertiary/aromatic N) is 1. The second-order valence-electron chi connectivity index (χ2n) is 7.12. The largest absolute Gasteiger partial charge is 0.490 e. The maximum absolute atomic E-state index is 13.1. The molecule has 1 N–H and O–H groups in total. The zero-order chi connectivity index (χ0) is 20.8. The highest BCUT2D eigenvalue weighted by Crippen LogP contribution is 2.35. The summed E-state index contributed by atoms with van der Waals surface area (Å²) in [6, 6.07) is 14.7. The molecule has 6 heteroatoms. The lowest BCUT2D eigenvalue weighted by atomic mass is 9.89. The molecule has 0 aliphatic carbocycles. The van der Waals surface area contributed by atoms with E-state index in [0.717, 1.165) is 12.0 Å². The summed E-state index contributed by atoms with van der Waals surface area (Å²) in [6.45, 7) is 5.48. The van der Waals surface area contributed by atoms with Gasteiger partial charge in [0.05, 0.1) is 19.1 Å². The number of benzene rings is 2. The molecule has 1 fully saturated rings. The van der Waals surface area contributed by atoms with Gasteiger partial charge < -0.3 is 19.5 Å². The van der Waals surface area contributed by atoms with Crippen LogP contribution in [0.15, 0.2) is 48.5 Å². The highest BCUT2D eigenvalue weighted by atomic mass is 16.5. The second-order valence-corrected chi connectivity index (χ2v) is 7.12. The minimum atomic E-state index is -0.882. The molecule has 1 saturated heterocycles. The Morgan fingerprint density at radius 2 is 1.79 bits per heavy atom. The Morgan fingerprint density at radius 3 is 2.45 bits per heavy atom. The molecule has 1 heterocycles. The summed E-state index contributed by atoms with van der Waals surface area (Å²) < 4.78 is 11.3. The number of hydrogen-bond donors (Lipinski definition) is 1. The zero-order valence-corrected chi connectivity index (χ0v) is 16.8. The summed E-state index contributed by atoms with van der Waals surface area (Å²) in [4.78, 5) is 26.5. The van der Waals surface area contributed by atoms with Crippen LogP contribution in [-0.4, -0.2) is 48.2 Å². The van der Waals surface area contributed by atoms with Gasteiger partial charge in [0.1, 0.15) is 0 Å². The average Bonchev–Trinajstić information content (AvgIpc) is 3.19. The van der Waals surface area contributed by atoms with Crippen molar-refractivity contribution in [3.8, 4) is 11.5 Å². The lowest BCUT2D eigenvalue weighted by molar-refractivity contribution is -0.141. The fourth-order valence-electron chi connectivity index (χ4n) is 3.68. The lowest BCUT2D eigenvalue weighted by Crippen LogP contribution is -2.30. The predicted octanol–water partition coefficient (Wildman–Crippen LogP) is 3.81. The van der Waals surface area contributed by atoms with E-state index >= 15 is 0 Å².